The zero-order valence-electron chi connectivity index (χ0n) is 21.5. The van der Waals surface area contributed by atoms with Crippen molar-refractivity contribution in [2.45, 2.75) is 63.5 Å². The number of methoxy groups -OCH3 is 1. The average Bonchev–Trinajstić information content (AvgIpc) is 2.86. The molecule has 0 aliphatic heterocycles. The molecular formula is C27H38N2O6S. The summed E-state index contributed by atoms with van der Waals surface area (Å²) in [4.78, 5) is 24.3. The zero-order chi connectivity index (χ0) is 26.7. The fourth-order valence-corrected chi connectivity index (χ4v) is 5.39. The minimum absolute atomic E-state index is 0.00689. The Labute approximate surface area is 214 Å². The molecule has 0 aromatic heterocycles. The molecule has 36 heavy (non-hydrogen) atoms. The number of carbonyl (C=O) groups excluding carboxylic acids is 2. The average molecular weight is 519 g/mol. The van der Waals surface area contributed by atoms with Crippen LogP contribution in [0.5, 0.6) is 5.75 Å². The molecule has 0 fully saturated rings. The van der Waals surface area contributed by atoms with Gasteiger partial charge in [0.2, 0.25) is 15.9 Å². The Hall–Kier alpha value is -2.75. The van der Waals surface area contributed by atoms with E-state index >= 15 is 0 Å². The maximum atomic E-state index is 13.5. The van der Waals surface area contributed by atoms with E-state index in [1.54, 1.807) is 19.1 Å². The standard InChI is InChI=1S/C27H38N2O6S/c1-5-22(30)11-16-27(32)28-25(17-21-9-7-6-8-10-21)26(31)19-29(18-20(2)3)36(33,34)24-14-12-23(35-4)13-15-24/h6-10,12-15,20,25-26,31H,5,11,16-19H2,1-4H3,(H,28,32)/t25-,26+/m0/s1. The molecule has 0 aliphatic rings. The van der Waals surface area contributed by atoms with Gasteiger partial charge in [0.1, 0.15) is 11.5 Å². The molecule has 2 N–H and O–H groups in total. The fraction of sp³-hybridized carbons (Fsp3) is 0.481. The maximum Gasteiger partial charge on any atom is 0.243 e. The number of ether oxygens (including phenoxy) is 1. The van der Waals surface area contributed by atoms with E-state index in [0.717, 1.165) is 5.56 Å². The van der Waals surface area contributed by atoms with E-state index in [2.05, 4.69) is 5.32 Å². The first-order valence-electron chi connectivity index (χ1n) is 12.2. The Kier molecular flexibility index (Phi) is 11.6. The second-order valence-electron chi connectivity index (χ2n) is 9.21. The number of ketones is 1. The molecule has 1 amide bonds. The number of amides is 1. The van der Waals surface area contributed by atoms with Crippen molar-refractivity contribution in [2.75, 3.05) is 20.2 Å². The number of hydrogen-bond acceptors (Lipinski definition) is 6. The SMILES string of the molecule is CCC(=O)CCC(=O)N[C@@H](Cc1ccccc1)[C@H](O)CN(CC(C)C)S(=O)(=O)c1ccc(OC)cc1. The van der Waals surface area contributed by atoms with Crippen LogP contribution in [0.25, 0.3) is 0 Å². The highest BCUT2D eigenvalue weighted by atomic mass is 32.2. The van der Waals surface area contributed by atoms with Crippen molar-refractivity contribution in [3.63, 3.8) is 0 Å². The molecule has 0 unspecified atom stereocenters. The molecule has 0 spiro atoms. The summed E-state index contributed by atoms with van der Waals surface area (Å²) in [6.45, 7) is 5.54. The summed E-state index contributed by atoms with van der Waals surface area (Å²) in [5.74, 6) is 0.174. The van der Waals surface area contributed by atoms with Gasteiger partial charge in [-0.05, 0) is 42.2 Å². The minimum atomic E-state index is -3.92. The number of aliphatic hydroxyl groups excluding tert-OH is 1. The predicted octanol–water partition coefficient (Wildman–Crippen LogP) is 3.19. The first-order valence-corrected chi connectivity index (χ1v) is 13.7. The van der Waals surface area contributed by atoms with Gasteiger partial charge in [0.15, 0.2) is 0 Å². The molecule has 0 bridgehead atoms. The number of nitrogens with one attached hydrogen (secondary N) is 1. The van der Waals surface area contributed by atoms with E-state index in [4.69, 9.17) is 4.74 Å². The van der Waals surface area contributed by atoms with Crippen molar-refractivity contribution in [2.24, 2.45) is 5.92 Å². The zero-order valence-corrected chi connectivity index (χ0v) is 22.3. The highest BCUT2D eigenvalue weighted by Gasteiger charge is 2.31. The largest absolute Gasteiger partial charge is 0.497 e. The number of benzene rings is 2. The fourth-order valence-electron chi connectivity index (χ4n) is 3.77. The van der Waals surface area contributed by atoms with E-state index in [1.807, 2.05) is 44.2 Å². The summed E-state index contributed by atoms with van der Waals surface area (Å²) in [7, 11) is -2.41. The van der Waals surface area contributed by atoms with Crippen LogP contribution in [0.3, 0.4) is 0 Å². The number of sulfonamides is 1. The van der Waals surface area contributed by atoms with Crippen LogP contribution in [0.2, 0.25) is 0 Å². The predicted molar refractivity (Wildman–Crippen MR) is 139 cm³/mol. The molecule has 0 saturated heterocycles. The lowest BCUT2D eigenvalue weighted by Gasteiger charge is -2.30. The topological polar surface area (TPSA) is 113 Å². The third-order valence-electron chi connectivity index (χ3n) is 5.79. The summed E-state index contributed by atoms with van der Waals surface area (Å²) in [6, 6.07) is 14.7. The lowest BCUT2D eigenvalue weighted by atomic mass is 10.0. The summed E-state index contributed by atoms with van der Waals surface area (Å²) < 4.78 is 33.3. The van der Waals surface area contributed by atoms with Crippen molar-refractivity contribution in [1.29, 1.82) is 0 Å². The molecular weight excluding hydrogens is 480 g/mol. The van der Waals surface area contributed by atoms with Crippen LogP contribution in [-0.2, 0) is 26.0 Å². The van der Waals surface area contributed by atoms with Gasteiger partial charge in [0.05, 0.1) is 24.2 Å². The van der Waals surface area contributed by atoms with E-state index in [0.29, 0.717) is 18.6 Å². The second-order valence-corrected chi connectivity index (χ2v) is 11.2. The van der Waals surface area contributed by atoms with Crippen LogP contribution in [0, 0.1) is 5.92 Å². The normalized spacial score (nSPS) is 13.4. The maximum absolute atomic E-state index is 13.5. The van der Waals surface area contributed by atoms with E-state index in [1.165, 1.54) is 23.5 Å². The molecule has 2 aromatic rings. The molecule has 9 heteroatoms. The smallest absolute Gasteiger partial charge is 0.243 e. The number of hydrogen-bond donors (Lipinski definition) is 2. The molecule has 2 atom stereocenters. The van der Waals surface area contributed by atoms with Crippen molar-refractivity contribution in [3.05, 3.63) is 60.2 Å². The van der Waals surface area contributed by atoms with Crippen molar-refractivity contribution >= 4 is 21.7 Å². The highest BCUT2D eigenvalue weighted by molar-refractivity contribution is 7.89. The Morgan fingerprint density at radius 2 is 1.64 bits per heavy atom. The lowest BCUT2D eigenvalue weighted by Crippen LogP contribution is -2.51. The van der Waals surface area contributed by atoms with Crippen LogP contribution < -0.4 is 10.1 Å². The first-order chi connectivity index (χ1) is 17.1. The number of aliphatic hydroxyl groups is 1. The quantitative estimate of drug-likeness (QED) is 0.374. The van der Waals surface area contributed by atoms with Gasteiger partial charge in [0, 0.05) is 32.4 Å². The number of rotatable bonds is 15. The van der Waals surface area contributed by atoms with E-state index in [-0.39, 0.29) is 48.4 Å². The van der Waals surface area contributed by atoms with Gasteiger partial charge in [-0.2, -0.15) is 4.31 Å². The Balaban J connectivity index is 2.27. The Bertz CT molecular complexity index is 1070. The van der Waals surface area contributed by atoms with Crippen LogP contribution in [0.1, 0.15) is 45.6 Å². The van der Waals surface area contributed by atoms with Gasteiger partial charge in [-0.25, -0.2) is 8.42 Å². The number of carbonyl (C=O) groups is 2. The molecule has 198 valence electrons. The van der Waals surface area contributed by atoms with Gasteiger partial charge in [0.25, 0.3) is 0 Å². The Morgan fingerprint density at radius 3 is 2.19 bits per heavy atom. The molecule has 8 nitrogen and oxygen atoms in total. The van der Waals surface area contributed by atoms with Crippen LogP contribution in [0.15, 0.2) is 59.5 Å². The highest BCUT2D eigenvalue weighted by Crippen LogP contribution is 2.21. The monoisotopic (exact) mass is 518 g/mol. The number of nitrogens with zero attached hydrogens (tertiary/aromatic N) is 1. The summed E-state index contributed by atoms with van der Waals surface area (Å²) in [5, 5.41) is 14.0. The molecule has 0 saturated carbocycles. The second kappa shape index (κ2) is 14.1. The van der Waals surface area contributed by atoms with Gasteiger partial charge >= 0.3 is 0 Å². The minimum Gasteiger partial charge on any atom is -0.497 e. The van der Waals surface area contributed by atoms with Crippen LogP contribution >= 0.6 is 0 Å². The molecule has 2 aromatic carbocycles. The number of Topliss-reactive ketones (excluding diaryl/α,β-unsaturated/α-hetero) is 1. The van der Waals surface area contributed by atoms with Crippen LogP contribution in [-0.4, -0.2) is 61.9 Å². The van der Waals surface area contributed by atoms with Crippen molar-refractivity contribution in [3.8, 4) is 5.75 Å². The third kappa shape index (κ3) is 9.04. The Morgan fingerprint density at radius 1 is 1.00 bits per heavy atom. The lowest BCUT2D eigenvalue weighted by molar-refractivity contribution is -0.126. The van der Waals surface area contributed by atoms with Gasteiger partial charge in [-0.3, -0.25) is 9.59 Å². The molecule has 2 rings (SSSR count). The first kappa shape index (κ1) is 29.5. The van der Waals surface area contributed by atoms with Crippen molar-refractivity contribution < 1.29 is 27.9 Å². The summed E-state index contributed by atoms with van der Waals surface area (Å²) in [6.07, 6.45) is -0.362. The van der Waals surface area contributed by atoms with Crippen LogP contribution in [0.4, 0.5) is 0 Å². The third-order valence-corrected chi connectivity index (χ3v) is 7.64. The molecule has 0 aliphatic carbocycles. The van der Waals surface area contributed by atoms with Gasteiger partial charge in [-0.15, -0.1) is 0 Å². The summed E-state index contributed by atoms with van der Waals surface area (Å²) >= 11 is 0. The van der Waals surface area contributed by atoms with E-state index < -0.39 is 22.2 Å². The summed E-state index contributed by atoms with van der Waals surface area (Å²) in [5.41, 5.74) is 0.889. The van der Waals surface area contributed by atoms with Crippen molar-refractivity contribution in [1.82, 2.24) is 9.62 Å². The molecule has 0 heterocycles. The van der Waals surface area contributed by atoms with Gasteiger partial charge < -0.3 is 15.2 Å². The van der Waals surface area contributed by atoms with E-state index in [9.17, 15) is 23.1 Å². The van der Waals surface area contributed by atoms with Gasteiger partial charge in [-0.1, -0.05) is 51.1 Å². The molecule has 0 radical (unpaired) electrons.